The van der Waals surface area contributed by atoms with Gasteiger partial charge in [0.1, 0.15) is 0 Å². The first kappa shape index (κ1) is 22.7. The van der Waals surface area contributed by atoms with Crippen LogP contribution in [0.15, 0.2) is 47.7 Å². The van der Waals surface area contributed by atoms with Gasteiger partial charge in [-0.2, -0.15) is 5.10 Å². The van der Waals surface area contributed by atoms with Crippen LogP contribution in [0.3, 0.4) is 0 Å². The highest BCUT2D eigenvalue weighted by molar-refractivity contribution is 14.0. The second-order valence-electron chi connectivity index (χ2n) is 7.35. The van der Waals surface area contributed by atoms with Crippen molar-refractivity contribution in [2.75, 3.05) is 27.3 Å². The predicted molar refractivity (Wildman–Crippen MR) is 125 cm³/mol. The fourth-order valence-corrected chi connectivity index (χ4v) is 3.82. The molecule has 28 heavy (non-hydrogen) atoms. The number of halogens is 1. The molecule has 0 aliphatic heterocycles. The monoisotopic (exact) mass is 497 g/mol. The second-order valence-corrected chi connectivity index (χ2v) is 7.35. The van der Waals surface area contributed by atoms with E-state index in [2.05, 4.69) is 45.0 Å². The van der Waals surface area contributed by atoms with Crippen LogP contribution >= 0.6 is 24.0 Å². The molecule has 2 aromatic rings. The highest BCUT2D eigenvalue weighted by Crippen LogP contribution is 2.40. The van der Waals surface area contributed by atoms with E-state index in [9.17, 15) is 0 Å². The van der Waals surface area contributed by atoms with Crippen molar-refractivity contribution in [2.24, 2.45) is 10.4 Å². The van der Waals surface area contributed by atoms with Crippen LogP contribution in [0.1, 0.15) is 37.7 Å². The van der Waals surface area contributed by atoms with Crippen LogP contribution in [0.4, 0.5) is 0 Å². The van der Waals surface area contributed by atoms with E-state index in [0.29, 0.717) is 5.41 Å². The van der Waals surface area contributed by atoms with Crippen molar-refractivity contribution >= 4 is 29.9 Å². The van der Waals surface area contributed by atoms with Crippen molar-refractivity contribution in [1.82, 2.24) is 20.4 Å². The average molecular weight is 497 g/mol. The smallest absolute Gasteiger partial charge is 0.191 e. The largest absolute Gasteiger partial charge is 0.385 e. The Kier molecular flexibility index (Phi) is 9.24. The summed E-state index contributed by atoms with van der Waals surface area (Å²) >= 11 is 0. The lowest BCUT2D eigenvalue weighted by molar-refractivity contribution is 0.138. The van der Waals surface area contributed by atoms with Gasteiger partial charge in [0.05, 0.1) is 5.69 Å². The molecule has 1 saturated carbocycles. The molecule has 0 saturated heterocycles. The summed E-state index contributed by atoms with van der Waals surface area (Å²) in [6.07, 6.45) is 10.0. The molecule has 0 spiro atoms. The molecule has 0 bridgehead atoms. The van der Waals surface area contributed by atoms with Crippen LogP contribution in [0.2, 0.25) is 0 Å². The standard InChI is InChI=1S/C21H31N5O.HI/c1-22-20(24-17-21(12-15-27-2)10-3-4-11-21)23-16-18-6-8-19(9-7-18)26-14-5-13-25-26;/h5-9,13-14H,3-4,10-12,15-17H2,1-2H3,(H2,22,23,24);1H. The predicted octanol–water partition coefficient (Wildman–Crippen LogP) is 3.75. The summed E-state index contributed by atoms with van der Waals surface area (Å²) in [4.78, 5) is 4.38. The quantitative estimate of drug-likeness (QED) is 0.331. The minimum Gasteiger partial charge on any atom is -0.385 e. The molecule has 1 fully saturated rings. The summed E-state index contributed by atoms with van der Waals surface area (Å²) in [5.74, 6) is 0.856. The van der Waals surface area contributed by atoms with Crippen LogP contribution < -0.4 is 10.6 Å². The van der Waals surface area contributed by atoms with Gasteiger partial charge in [-0.15, -0.1) is 24.0 Å². The van der Waals surface area contributed by atoms with Crippen molar-refractivity contribution in [3.8, 4) is 5.69 Å². The zero-order valence-electron chi connectivity index (χ0n) is 16.9. The Hall–Kier alpha value is -1.61. The molecule has 154 valence electrons. The molecular weight excluding hydrogens is 465 g/mol. The Bertz CT molecular complexity index is 709. The topological polar surface area (TPSA) is 63.5 Å². The van der Waals surface area contributed by atoms with Gasteiger partial charge in [0.15, 0.2) is 5.96 Å². The van der Waals surface area contributed by atoms with Crippen LogP contribution in [0.5, 0.6) is 0 Å². The van der Waals surface area contributed by atoms with E-state index in [0.717, 1.165) is 37.8 Å². The summed E-state index contributed by atoms with van der Waals surface area (Å²) in [5, 5.41) is 11.2. The van der Waals surface area contributed by atoms with Gasteiger partial charge >= 0.3 is 0 Å². The van der Waals surface area contributed by atoms with Crippen LogP contribution in [-0.4, -0.2) is 43.0 Å². The summed E-state index contributed by atoms with van der Waals surface area (Å²) in [5.41, 5.74) is 2.62. The molecule has 0 radical (unpaired) electrons. The van der Waals surface area contributed by atoms with Gasteiger partial charge in [0, 0.05) is 46.2 Å². The third kappa shape index (κ3) is 6.20. The molecule has 1 aliphatic carbocycles. The van der Waals surface area contributed by atoms with Gasteiger partial charge in [-0.1, -0.05) is 25.0 Å². The Morgan fingerprint density at radius 2 is 1.96 bits per heavy atom. The SMILES string of the molecule is CN=C(NCc1ccc(-n2cccn2)cc1)NCC1(CCOC)CCCC1.I. The van der Waals surface area contributed by atoms with Crippen molar-refractivity contribution < 1.29 is 4.74 Å². The number of hydrogen-bond acceptors (Lipinski definition) is 3. The number of aromatic nitrogens is 2. The average Bonchev–Trinajstić information content (AvgIpc) is 3.40. The van der Waals surface area contributed by atoms with Crippen LogP contribution in [0, 0.1) is 5.41 Å². The molecule has 6 nitrogen and oxygen atoms in total. The first-order valence-corrected chi connectivity index (χ1v) is 9.77. The van der Waals surface area contributed by atoms with Gasteiger partial charge in [-0.3, -0.25) is 4.99 Å². The molecule has 1 aliphatic rings. The number of hydrogen-bond donors (Lipinski definition) is 2. The van der Waals surface area contributed by atoms with Gasteiger partial charge in [0.25, 0.3) is 0 Å². The maximum atomic E-state index is 5.32. The van der Waals surface area contributed by atoms with Gasteiger partial charge < -0.3 is 15.4 Å². The van der Waals surface area contributed by atoms with Gasteiger partial charge in [0.2, 0.25) is 0 Å². The summed E-state index contributed by atoms with van der Waals surface area (Å²) in [6, 6.07) is 10.3. The lowest BCUT2D eigenvalue weighted by Crippen LogP contribution is -2.43. The second kappa shape index (κ2) is 11.4. The fourth-order valence-electron chi connectivity index (χ4n) is 3.82. The number of ether oxygens (including phenoxy) is 1. The third-order valence-corrected chi connectivity index (χ3v) is 5.52. The van der Waals surface area contributed by atoms with Gasteiger partial charge in [-0.25, -0.2) is 4.68 Å². The Morgan fingerprint density at radius 1 is 1.21 bits per heavy atom. The van der Waals surface area contributed by atoms with E-state index in [-0.39, 0.29) is 24.0 Å². The van der Waals surface area contributed by atoms with Crippen molar-refractivity contribution in [3.05, 3.63) is 48.3 Å². The van der Waals surface area contributed by atoms with E-state index in [1.165, 1.54) is 31.2 Å². The zero-order valence-corrected chi connectivity index (χ0v) is 19.2. The number of benzene rings is 1. The van der Waals surface area contributed by atoms with E-state index < -0.39 is 0 Å². The lowest BCUT2D eigenvalue weighted by Gasteiger charge is -2.30. The van der Waals surface area contributed by atoms with Crippen molar-refractivity contribution in [3.63, 3.8) is 0 Å². The lowest BCUT2D eigenvalue weighted by atomic mass is 9.83. The maximum Gasteiger partial charge on any atom is 0.191 e. The Balaban J connectivity index is 0.00000280. The molecule has 3 rings (SSSR count). The zero-order chi connectivity index (χ0) is 19.0. The highest BCUT2D eigenvalue weighted by atomic mass is 127. The van der Waals surface area contributed by atoms with Crippen molar-refractivity contribution in [2.45, 2.75) is 38.6 Å². The minimum atomic E-state index is 0. The fraction of sp³-hybridized carbons (Fsp3) is 0.524. The summed E-state index contributed by atoms with van der Waals surface area (Å²) in [7, 11) is 3.61. The third-order valence-electron chi connectivity index (χ3n) is 5.52. The number of methoxy groups -OCH3 is 1. The molecule has 7 heteroatoms. The molecular formula is C21H32IN5O. The number of nitrogens with zero attached hydrogens (tertiary/aromatic N) is 3. The van der Waals surface area contributed by atoms with Crippen molar-refractivity contribution in [1.29, 1.82) is 0 Å². The molecule has 0 atom stereocenters. The molecule has 2 N–H and O–H groups in total. The first-order chi connectivity index (χ1) is 13.2. The normalized spacial score (nSPS) is 15.9. The Labute approximate surface area is 185 Å². The summed E-state index contributed by atoms with van der Waals surface area (Å²) < 4.78 is 7.18. The summed E-state index contributed by atoms with van der Waals surface area (Å²) in [6.45, 7) is 2.52. The van der Waals surface area contributed by atoms with E-state index in [1.807, 2.05) is 24.0 Å². The number of rotatable bonds is 8. The Morgan fingerprint density at radius 3 is 2.57 bits per heavy atom. The van der Waals surface area contributed by atoms with E-state index in [1.54, 1.807) is 13.3 Å². The first-order valence-electron chi connectivity index (χ1n) is 9.77. The highest BCUT2D eigenvalue weighted by Gasteiger charge is 2.33. The van der Waals surface area contributed by atoms with Crippen LogP contribution in [0.25, 0.3) is 5.69 Å². The maximum absolute atomic E-state index is 5.32. The number of guanidine groups is 1. The minimum absolute atomic E-state index is 0. The molecule has 0 amide bonds. The number of aliphatic imine (C=N–C) groups is 1. The molecule has 1 aromatic carbocycles. The molecule has 1 heterocycles. The van der Waals surface area contributed by atoms with E-state index in [4.69, 9.17) is 4.74 Å². The number of nitrogens with one attached hydrogen (secondary N) is 2. The van der Waals surface area contributed by atoms with Crippen LogP contribution in [-0.2, 0) is 11.3 Å². The molecule has 1 aromatic heterocycles. The molecule has 0 unspecified atom stereocenters. The van der Waals surface area contributed by atoms with Gasteiger partial charge in [-0.05, 0) is 48.4 Å². The van der Waals surface area contributed by atoms with E-state index >= 15 is 0 Å².